The molecular formula is C11H10N4O4S. The summed E-state index contributed by atoms with van der Waals surface area (Å²) >= 11 is 0.911. The Balaban J connectivity index is 2.36. The summed E-state index contributed by atoms with van der Waals surface area (Å²) in [6, 6.07) is 6.01. The minimum absolute atomic E-state index is 0.219. The molecule has 104 valence electrons. The second-order valence-electron chi connectivity index (χ2n) is 3.74. The molecule has 9 heteroatoms. The molecule has 0 fully saturated rings. The van der Waals surface area contributed by atoms with Crippen LogP contribution in [0.4, 0.5) is 0 Å². The number of primary amides is 1. The Hall–Kier alpha value is -2.55. The molecule has 20 heavy (non-hydrogen) atoms. The van der Waals surface area contributed by atoms with Crippen LogP contribution in [0.3, 0.4) is 0 Å². The first-order valence-corrected chi connectivity index (χ1v) is 6.40. The fraction of sp³-hybridized carbons (Fsp3) is 0.0909. The number of hydrogen-bond acceptors (Lipinski definition) is 5. The number of amides is 1. The Morgan fingerprint density at radius 3 is 2.55 bits per heavy atom. The van der Waals surface area contributed by atoms with Crippen molar-refractivity contribution in [3.05, 3.63) is 40.3 Å². The molecule has 0 spiro atoms. The van der Waals surface area contributed by atoms with Gasteiger partial charge in [-0.15, -0.1) is 5.10 Å². The summed E-state index contributed by atoms with van der Waals surface area (Å²) in [5, 5.41) is 14.9. The van der Waals surface area contributed by atoms with Crippen LogP contribution >= 0.6 is 11.8 Å². The molecule has 1 aromatic carbocycles. The van der Waals surface area contributed by atoms with Crippen molar-refractivity contribution < 1.29 is 14.7 Å². The first-order chi connectivity index (χ1) is 9.49. The maximum Gasteiger partial charge on any atom is 0.348 e. The molecule has 0 saturated heterocycles. The Kier molecular flexibility index (Phi) is 3.89. The van der Waals surface area contributed by atoms with Crippen LogP contribution in [-0.2, 0) is 4.79 Å². The second kappa shape index (κ2) is 5.61. The molecule has 0 saturated carbocycles. The van der Waals surface area contributed by atoms with E-state index >= 15 is 0 Å². The van der Waals surface area contributed by atoms with Crippen molar-refractivity contribution in [1.82, 2.24) is 14.8 Å². The number of rotatable bonds is 5. The van der Waals surface area contributed by atoms with Gasteiger partial charge in [-0.1, -0.05) is 11.8 Å². The van der Waals surface area contributed by atoms with Gasteiger partial charge >= 0.3 is 11.7 Å². The molecule has 1 heterocycles. The normalized spacial score (nSPS) is 10.4. The molecule has 1 amide bonds. The third-order valence-corrected chi connectivity index (χ3v) is 3.30. The van der Waals surface area contributed by atoms with Gasteiger partial charge in [-0.05, 0) is 24.3 Å². The Labute approximate surface area is 116 Å². The molecule has 0 aliphatic heterocycles. The highest BCUT2D eigenvalue weighted by Gasteiger charge is 2.12. The van der Waals surface area contributed by atoms with E-state index in [1.807, 2.05) is 0 Å². The SMILES string of the molecule is NC(=O)c1ccc(-n2c(SCC(=O)O)n[nH]c2=O)cc1. The van der Waals surface area contributed by atoms with E-state index in [4.69, 9.17) is 10.8 Å². The van der Waals surface area contributed by atoms with E-state index in [1.165, 1.54) is 28.8 Å². The first-order valence-electron chi connectivity index (χ1n) is 5.41. The smallest absolute Gasteiger partial charge is 0.348 e. The van der Waals surface area contributed by atoms with Crippen molar-refractivity contribution in [2.75, 3.05) is 5.75 Å². The molecular weight excluding hydrogens is 284 g/mol. The lowest BCUT2D eigenvalue weighted by atomic mass is 10.2. The van der Waals surface area contributed by atoms with Gasteiger partial charge in [-0.2, -0.15) is 0 Å². The van der Waals surface area contributed by atoms with Crippen molar-refractivity contribution >= 4 is 23.6 Å². The second-order valence-corrected chi connectivity index (χ2v) is 4.68. The molecule has 2 aromatic rings. The van der Waals surface area contributed by atoms with E-state index in [0.29, 0.717) is 11.3 Å². The molecule has 0 aliphatic rings. The summed E-state index contributed by atoms with van der Waals surface area (Å²) in [6.45, 7) is 0. The molecule has 1 aromatic heterocycles. The lowest BCUT2D eigenvalue weighted by molar-refractivity contribution is -0.133. The number of carbonyl (C=O) groups excluding carboxylic acids is 1. The number of aromatic amines is 1. The van der Waals surface area contributed by atoms with Crippen LogP contribution in [0.2, 0.25) is 0 Å². The van der Waals surface area contributed by atoms with Gasteiger partial charge in [0.25, 0.3) is 0 Å². The third kappa shape index (κ3) is 2.88. The predicted molar refractivity (Wildman–Crippen MR) is 71.1 cm³/mol. The van der Waals surface area contributed by atoms with E-state index in [-0.39, 0.29) is 10.9 Å². The van der Waals surface area contributed by atoms with Crippen molar-refractivity contribution in [3.8, 4) is 5.69 Å². The first kappa shape index (κ1) is 13.9. The quantitative estimate of drug-likeness (QED) is 0.656. The lowest BCUT2D eigenvalue weighted by Gasteiger charge is -2.05. The molecule has 4 N–H and O–H groups in total. The van der Waals surface area contributed by atoms with Crippen molar-refractivity contribution in [1.29, 1.82) is 0 Å². The largest absolute Gasteiger partial charge is 0.481 e. The van der Waals surface area contributed by atoms with Gasteiger partial charge in [0.05, 0.1) is 11.4 Å². The molecule has 0 atom stereocenters. The van der Waals surface area contributed by atoms with Gasteiger partial charge in [0.2, 0.25) is 5.91 Å². The number of nitrogens with zero attached hydrogens (tertiary/aromatic N) is 2. The van der Waals surface area contributed by atoms with E-state index in [2.05, 4.69) is 10.2 Å². The summed E-state index contributed by atoms with van der Waals surface area (Å²) in [5.74, 6) is -1.80. The Morgan fingerprint density at radius 2 is 2.00 bits per heavy atom. The van der Waals surface area contributed by atoms with Gasteiger partial charge in [0.15, 0.2) is 5.16 Å². The molecule has 0 bridgehead atoms. The zero-order valence-corrected chi connectivity index (χ0v) is 10.9. The van der Waals surface area contributed by atoms with E-state index < -0.39 is 17.6 Å². The monoisotopic (exact) mass is 294 g/mol. The minimum Gasteiger partial charge on any atom is -0.481 e. The predicted octanol–water partition coefficient (Wildman–Crippen LogP) is -0.164. The fourth-order valence-electron chi connectivity index (χ4n) is 1.51. The molecule has 8 nitrogen and oxygen atoms in total. The van der Waals surface area contributed by atoms with Gasteiger partial charge in [0.1, 0.15) is 0 Å². The maximum atomic E-state index is 11.7. The van der Waals surface area contributed by atoms with Crippen molar-refractivity contribution in [3.63, 3.8) is 0 Å². The third-order valence-electron chi connectivity index (χ3n) is 2.38. The lowest BCUT2D eigenvalue weighted by Crippen LogP contribution is -2.16. The molecule has 0 radical (unpaired) electrons. The van der Waals surface area contributed by atoms with E-state index in [0.717, 1.165) is 11.8 Å². The highest BCUT2D eigenvalue weighted by atomic mass is 32.2. The van der Waals surface area contributed by atoms with Crippen LogP contribution in [0.5, 0.6) is 0 Å². The summed E-state index contributed by atoms with van der Waals surface area (Å²) in [6.07, 6.45) is 0. The number of carboxylic acids is 1. The number of H-pyrrole nitrogens is 1. The molecule has 0 aliphatic carbocycles. The molecule has 2 rings (SSSR count). The van der Waals surface area contributed by atoms with Crippen molar-refractivity contribution in [2.24, 2.45) is 5.73 Å². The number of aromatic nitrogens is 3. The number of nitrogens with one attached hydrogen (secondary N) is 1. The average molecular weight is 294 g/mol. The number of nitrogens with two attached hydrogens (primary N) is 1. The Morgan fingerprint density at radius 1 is 1.35 bits per heavy atom. The van der Waals surface area contributed by atoms with Crippen LogP contribution < -0.4 is 11.4 Å². The molecule has 0 unspecified atom stereocenters. The number of carbonyl (C=O) groups is 2. The van der Waals surface area contributed by atoms with Crippen molar-refractivity contribution in [2.45, 2.75) is 5.16 Å². The van der Waals surface area contributed by atoms with Gasteiger partial charge in [-0.3, -0.25) is 9.59 Å². The Bertz CT molecular complexity index is 704. The van der Waals surface area contributed by atoms with Crippen LogP contribution in [-0.4, -0.2) is 37.5 Å². The van der Waals surface area contributed by atoms with E-state index in [1.54, 1.807) is 0 Å². The average Bonchev–Trinajstić information content (AvgIpc) is 2.77. The highest BCUT2D eigenvalue weighted by Crippen LogP contribution is 2.17. The summed E-state index contributed by atoms with van der Waals surface area (Å²) in [4.78, 5) is 33.2. The number of benzene rings is 1. The maximum absolute atomic E-state index is 11.7. The van der Waals surface area contributed by atoms with E-state index in [9.17, 15) is 14.4 Å². The number of aliphatic carboxylic acids is 1. The number of hydrogen-bond donors (Lipinski definition) is 3. The van der Waals surface area contributed by atoms with Crippen LogP contribution in [0.25, 0.3) is 5.69 Å². The summed E-state index contributed by atoms with van der Waals surface area (Å²) in [7, 11) is 0. The fourth-order valence-corrected chi connectivity index (χ4v) is 2.19. The highest BCUT2D eigenvalue weighted by molar-refractivity contribution is 7.99. The van der Waals surface area contributed by atoms with Crippen LogP contribution in [0.15, 0.2) is 34.2 Å². The van der Waals surface area contributed by atoms with Gasteiger partial charge in [0, 0.05) is 5.56 Å². The zero-order chi connectivity index (χ0) is 14.7. The van der Waals surface area contributed by atoms with Gasteiger partial charge < -0.3 is 10.8 Å². The van der Waals surface area contributed by atoms with Crippen LogP contribution in [0.1, 0.15) is 10.4 Å². The number of carboxylic acid groups (broad SMARTS) is 1. The topological polar surface area (TPSA) is 131 Å². The van der Waals surface area contributed by atoms with Crippen LogP contribution in [0, 0.1) is 0 Å². The summed E-state index contributed by atoms with van der Waals surface area (Å²) in [5.41, 5.74) is 5.40. The summed E-state index contributed by atoms with van der Waals surface area (Å²) < 4.78 is 1.22. The van der Waals surface area contributed by atoms with Gasteiger partial charge in [-0.25, -0.2) is 14.5 Å². The number of thioether (sulfide) groups is 1. The minimum atomic E-state index is -1.01. The standard InChI is InChI=1S/C11H10N4O4S/c12-9(18)6-1-3-7(4-2-6)15-10(19)13-14-11(15)20-5-8(16)17/h1-4H,5H2,(H2,12,18)(H,13,19)(H,16,17). The zero-order valence-electron chi connectivity index (χ0n) is 10.1.